The molecule has 0 aromatic carbocycles. The van der Waals surface area contributed by atoms with Crippen molar-refractivity contribution in [3.05, 3.63) is 34.2 Å². The number of alkyl halides is 3. The number of methoxy groups -OCH3 is 1. The number of rotatable bonds is 1. The number of nitrogens with zero attached hydrogens (tertiary/aromatic N) is 2. The molecule has 0 radical (unpaired) electrons. The molecule has 0 atom stereocenters. The van der Waals surface area contributed by atoms with Crippen molar-refractivity contribution in [3.8, 4) is 0 Å². The standard InChI is InChI=1S/C10H6BrF3N2O2/c1-18-9(17)7-8(11)16-3-2-5(10(12,13)14)4-6(16)15-7/h2-4H,1H3. The second-order valence-corrected chi connectivity index (χ2v) is 4.14. The Labute approximate surface area is 108 Å². The Morgan fingerprint density at radius 1 is 1.50 bits per heavy atom. The van der Waals surface area contributed by atoms with Gasteiger partial charge in [0.05, 0.1) is 12.7 Å². The van der Waals surface area contributed by atoms with Crippen LogP contribution in [0.2, 0.25) is 0 Å². The van der Waals surface area contributed by atoms with E-state index in [0.29, 0.717) is 0 Å². The van der Waals surface area contributed by atoms with Crippen LogP contribution in [-0.2, 0) is 10.9 Å². The number of hydrogen-bond donors (Lipinski definition) is 0. The summed E-state index contributed by atoms with van der Waals surface area (Å²) in [7, 11) is 1.17. The zero-order valence-electron chi connectivity index (χ0n) is 8.95. The third kappa shape index (κ3) is 2.07. The number of hydrogen-bond acceptors (Lipinski definition) is 3. The Kier molecular flexibility index (Phi) is 3.05. The van der Waals surface area contributed by atoms with Crippen LogP contribution < -0.4 is 0 Å². The molecule has 0 N–H and O–H groups in total. The summed E-state index contributed by atoms with van der Waals surface area (Å²) in [6.07, 6.45) is -3.27. The van der Waals surface area contributed by atoms with Gasteiger partial charge in [-0.3, -0.25) is 4.40 Å². The van der Waals surface area contributed by atoms with E-state index in [0.717, 1.165) is 12.1 Å². The van der Waals surface area contributed by atoms with Gasteiger partial charge in [0.15, 0.2) is 5.69 Å². The second-order valence-electron chi connectivity index (χ2n) is 3.38. The first kappa shape index (κ1) is 12.9. The van der Waals surface area contributed by atoms with Crippen molar-refractivity contribution >= 4 is 27.5 Å². The van der Waals surface area contributed by atoms with E-state index in [4.69, 9.17) is 0 Å². The van der Waals surface area contributed by atoms with Crippen LogP contribution in [0.15, 0.2) is 22.9 Å². The lowest BCUT2D eigenvalue weighted by molar-refractivity contribution is -0.137. The summed E-state index contributed by atoms with van der Waals surface area (Å²) in [6, 6.07) is 1.76. The van der Waals surface area contributed by atoms with Crippen molar-refractivity contribution in [2.24, 2.45) is 0 Å². The second kappa shape index (κ2) is 4.27. The van der Waals surface area contributed by atoms with Gasteiger partial charge in [0.25, 0.3) is 0 Å². The lowest BCUT2D eigenvalue weighted by atomic mass is 10.2. The minimum atomic E-state index is -4.45. The van der Waals surface area contributed by atoms with Crippen molar-refractivity contribution in [1.29, 1.82) is 0 Å². The third-order valence-corrected chi connectivity index (χ3v) is 3.03. The van der Waals surface area contributed by atoms with Crippen LogP contribution in [0.25, 0.3) is 5.65 Å². The molecule has 0 unspecified atom stereocenters. The van der Waals surface area contributed by atoms with E-state index in [9.17, 15) is 18.0 Å². The Hall–Kier alpha value is -1.57. The van der Waals surface area contributed by atoms with Gasteiger partial charge in [-0.1, -0.05) is 0 Å². The molecule has 0 aliphatic rings. The first-order chi connectivity index (χ1) is 8.34. The average Bonchev–Trinajstić information content (AvgIpc) is 2.64. The molecular weight excluding hydrogens is 317 g/mol. The molecule has 0 saturated heterocycles. The lowest BCUT2D eigenvalue weighted by Gasteiger charge is -2.06. The summed E-state index contributed by atoms with van der Waals surface area (Å²) in [4.78, 5) is 15.1. The fourth-order valence-corrected chi connectivity index (χ4v) is 1.97. The largest absolute Gasteiger partial charge is 0.464 e. The molecule has 2 heterocycles. The van der Waals surface area contributed by atoms with Gasteiger partial charge in [-0.25, -0.2) is 9.78 Å². The number of esters is 1. The van der Waals surface area contributed by atoms with E-state index in [-0.39, 0.29) is 15.9 Å². The van der Waals surface area contributed by atoms with Crippen LogP contribution in [0, 0.1) is 0 Å². The zero-order chi connectivity index (χ0) is 13.5. The SMILES string of the molecule is COC(=O)c1nc2cc(C(F)(F)F)ccn2c1Br. The summed E-state index contributed by atoms with van der Waals surface area (Å²) in [5.41, 5.74) is -0.891. The van der Waals surface area contributed by atoms with Crippen molar-refractivity contribution < 1.29 is 22.7 Å². The Morgan fingerprint density at radius 3 is 2.72 bits per heavy atom. The Balaban J connectivity index is 2.62. The molecule has 2 aromatic heterocycles. The molecule has 8 heteroatoms. The first-order valence-electron chi connectivity index (χ1n) is 4.67. The summed E-state index contributed by atoms with van der Waals surface area (Å²) >= 11 is 3.09. The fourth-order valence-electron chi connectivity index (χ4n) is 1.42. The van der Waals surface area contributed by atoms with Crippen LogP contribution in [0.3, 0.4) is 0 Å². The smallest absolute Gasteiger partial charge is 0.416 e. The van der Waals surface area contributed by atoms with Gasteiger partial charge in [-0.15, -0.1) is 0 Å². The fraction of sp³-hybridized carbons (Fsp3) is 0.200. The summed E-state index contributed by atoms with van der Waals surface area (Å²) in [6.45, 7) is 0. The van der Waals surface area contributed by atoms with Gasteiger partial charge in [0, 0.05) is 6.20 Å². The number of fused-ring (bicyclic) bond motifs is 1. The highest BCUT2D eigenvalue weighted by molar-refractivity contribution is 9.10. The van der Waals surface area contributed by atoms with Crippen LogP contribution in [0.5, 0.6) is 0 Å². The van der Waals surface area contributed by atoms with E-state index in [1.807, 2.05) is 0 Å². The van der Waals surface area contributed by atoms with Gasteiger partial charge in [-0.05, 0) is 28.1 Å². The number of carbonyl (C=O) groups excluding carboxylic acids is 1. The number of carbonyl (C=O) groups is 1. The quantitative estimate of drug-likeness (QED) is 0.758. The first-order valence-corrected chi connectivity index (χ1v) is 5.47. The van der Waals surface area contributed by atoms with Gasteiger partial charge >= 0.3 is 12.1 Å². The number of pyridine rings is 1. The molecular formula is C10H6BrF3N2O2. The van der Waals surface area contributed by atoms with Crippen molar-refractivity contribution in [2.75, 3.05) is 7.11 Å². The topological polar surface area (TPSA) is 43.6 Å². The van der Waals surface area contributed by atoms with Crippen LogP contribution >= 0.6 is 15.9 Å². The number of ether oxygens (including phenoxy) is 1. The van der Waals surface area contributed by atoms with E-state index >= 15 is 0 Å². The van der Waals surface area contributed by atoms with Gasteiger partial charge < -0.3 is 4.74 Å². The molecule has 0 aliphatic carbocycles. The molecule has 0 saturated carbocycles. The maximum atomic E-state index is 12.5. The lowest BCUT2D eigenvalue weighted by Crippen LogP contribution is -2.05. The van der Waals surface area contributed by atoms with Crippen LogP contribution in [0.1, 0.15) is 16.1 Å². The Bertz CT molecular complexity index is 621. The summed E-state index contributed by atoms with van der Waals surface area (Å²) in [5, 5.41) is 0. The highest BCUT2D eigenvalue weighted by atomic mass is 79.9. The van der Waals surface area contributed by atoms with Gasteiger partial charge in [0.1, 0.15) is 10.3 Å². The van der Waals surface area contributed by atoms with E-state index in [1.165, 1.54) is 17.7 Å². The van der Waals surface area contributed by atoms with Crippen molar-refractivity contribution in [1.82, 2.24) is 9.38 Å². The van der Waals surface area contributed by atoms with Gasteiger partial charge in [-0.2, -0.15) is 13.2 Å². The Morgan fingerprint density at radius 2 is 2.17 bits per heavy atom. The van der Waals surface area contributed by atoms with Gasteiger partial charge in [0.2, 0.25) is 0 Å². The molecule has 0 bridgehead atoms. The summed E-state index contributed by atoms with van der Waals surface area (Å²) < 4.78 is 43.6. The number of aromatic nitrogens is 2. The molecule has 4 nitrogen and oxygen atoms in total. The monoisotopic (exact) mass is 322 g/mol. The molecule has 2 rings (SSSR count). The van der Waals surface area contributed by atoms with Crippen molar-refractivity contribution in [2.45, 2.75) is 6.18 Å². The number of halogens is 4. The zero-order valence-corrected chi connectivity index (χ0v) is 10.5. The van der Waals surface area contributed by atoms with E-state index < -0.39 is 17.7 Å². The molecule has 18 heavy (non-hydrogen) atoms. The van der Waals surface area contributed by atoms with E-state index in [1.54, 1.807) is 0 Å². The highest BCUT2D eigenvalue weighted by Gasteiger charge is 2.31. The molecule has 2 aromatic rings. The molecule has 0 aliphatic heterocycles. The predicted octanol–water partition coefficient (Wildman–Crippen LogP) is 2.90. The van der Waals surface area contributed by atoms with Crippen LogP contribution in [-0.4, -0.2) is 22.5 Å². The van der Waals surface area contributed by atoms with E-state index in [2.05, 4.69) is 25.7 Å². The predicted molar refractivity (Wildman–Crippen MR) is 59.2 cm³/mol. The minimum absolute atomic E-state index is 0.0112. The highest BCUT2D eigenvalue weighted by Crippen LogP contribution is 2.31. The summed E-state index contributed by atoms with van der Waals surface area (Å²) in [5.74, 6) is -0.723. The maximum Gasteiger partial charge on any atom is 0.416 e. The van der Waals surface area contributed by atoms with Crippen LogP contribution in [0.4, 0.5) is 13.2 Å². The third-order valence-electron chi connectivity index (χ3n) is 2.27. The molecule has 0 fully saturated rings. The molecule has 0 spiro atoms. The minimum Gasteiger partial charge on any atom is -0.464 e. The maximum absolute atomic E-state index is 12.5. The average molecular weight is 323 g/mol. The number of imidazole rings is 1. The normalized spacial score (nSPS) is 11.8. The molecule has 0 amide bonds. The van der Waals surface area contributed by atoms with Crippen molar-refractivity contribution in [3.63, 3.8) is 0 Å². The molecule has 96 valence electrons.